The maximum Gasteiger partial charge on any atom is 0.266 e. The lowest BCUT2D eigenvalue weighted by molar-refractivity contribution is -0.120. The van der Waals surface area contributed by atoms with Gasteiger partial charge in [0.2, 0.25) is 5.91 Å². The van der Waals surface area contributed by atoms with Gasteiger partial charge in [0.1, 0.15) is 0 Å². The molecule has 0 bridgehead atoms. The number of hydrogen-bond donors (Lipinski definition) is 2. The third kappa shape index (κ3) is 2.73. The second kappa shape index (κ2) is 5.88. The Balaban J connectivity index is 1.46. The number of hydrogen-bond acceptors (Lipinski definition) is 3. The van der Waals surface area contributed by atoms with Gasteiger partial charge in [-0.2, -0.15) is 0 Å². The second-order valence-corrected chi connectivity index (χ2v) is 6.66. The van der Waals surface area contributed by atoms with Crippen molar-refractivity contribution in [1.29, 1.82) is 0 Å². The summed E-state index contributed by atoms with van der Waals surface area (Å²) in [4.78, 5) is 28.3. The number of carbonyl (C=O) groups is 1. The number of rotatable bonds is 4. The molecule has 1 aliphatic rings. The van der Waals surface area contributed by atoms with E-state index in [4.69, 9.17) is 0 Å². The number of aryl methyl sites for hydroxylation is 2. The fourth-order valence-corrected chi connectivity index (χ4v) is 3.62. The molecule has 2 N–H and O–H groups in total. The number of H-pyrrole nitrogens is 1. The number of amides is 1. The van der Waals surface area contributed by atoms with Gasteiger partial charge >= 0.3 is 0 Å². The highest BCUT2D eigenvalue weighted by Crippen LogP contribution is 2.33. The quantitative estimate of drug-likeness (QED) is 0.760. The molecule has 0 fully saturated rings. The summed E-state index contributed by atoms with van der Waals surface area (Å²) in [6.45, 7) is 4.42. The average Bonchev–Trinajstić information content (AvgIpc) is 2.93. The van der Waals surface area contributed by atoms with Crippen LogP contribution in [0.15, 0.2) is 35.1 Å². The molecule has 1 unspecified atom stereocenters. The van der Waals surface area contributed by atoms with Crippen molar-refractivity contribution in [2.45, 2.75) is 32.6 Å². The first-order valence-corrected chi connectivity index (χ1v) is 8.45. The summed E-state index contributed by atoms with van der Waals surface area (Å²) >= 11 is 0. The minimum Gasteiger partial charge on any atom is -0.355 e. The third-order valence-corrected chi connectivity index (χ3v) is 5.05. The van der Waals surface area contributed by atoms with E-state index in [1.165, 1.54) is 17.2 Å². The van der Waals surface area contributed by atoms with Crippen LogP contribution in [0.4, 0.5) is 0 Å². The van der Waals surface area contributed by atoms with Crippen molar-refractivity contribution in [2.75, 3.05) is 6.54 Å². The van der Waals surface area contributed by atoms with E-state index in [-0.39, 0.29) is 17.9 Å². The van der Waals surface area contributed by atoms with Crippen molar-refractivity contribution in [1.82, 2.24) is 19.9 Å². The van der Waals surface area contributed by atoms with Crippen molar-refractivity contribution in [3.63, 3.8) is 0 Å². The van der Waals surface area contributed by atoms with Crippen LogP contribution in [-0.4, -0.2) is 27.0 Å². The van der Waals surface area contributed by atoms with Crippen LogP contribution >= 0.6 is 0 Å². The summed E-state index contributed by atoms with van der Waals surface area (Å²) in [6.07, 6.45) is 1.28. The molecule has 0 saturated heterocycles. The van der Waals surface area contributed by atoms with Gasteiger partial charge in [0.05, 0.1) is 6.42 Å². The van der Waals surface area contributed by atoms with Crippen LogP contribution in [-0.2, 0) is 17.6 Å². The smallest absolute Gasteiger partial charge is 0.266 e. The molecule has 3 aromatic rings. The number of fused-ring (bicyclic) bond motifs is 2. The minimum atomic E-state index is -0.194. The van der Waals surface area contributed by atoms with Crippen LogP contribution in [0.3, 0.4) is 0 Å². The molecular formula is C19H20N4O2. The van der Waals surface area contributed by atoms with E-state index >= 15 is 0 Å². The molecule has 0 saturated carbocycles. The molecular weight excluding hydrogens is 316 g/mol. The van der Waals surface area contributed by atoms with Crippen LogP contribution in [0.1, 0.15) is 34.0 Å². The van der Waals surface area contributed by atoms with E-state index in [1.807, 2.05) is 26.0 Å². The molecule has 6 nitrogen and oxygen atoms in total. The molecule has 1 aliphatic carbocycles. The van der Waals surface area contributed by atoms with E-state index in [0.717, 1.165) is 23.4 Å². The number of aromatic nitrogens is 3. The Morgan fingerprint density at radius 2 is 2.16 bits per heavy atom. The fourth-order valence-electron chi connectivity index (χ4n) is 3.62. The summed E-state index contributed by atoms with van der Waals surface area (Å²) in [7, 11) is 0. The van der Waals surface area contributed by atoms with Crippen LogP contribution < -0.4 is 10.9 Å². The zero-order valence-corrected chi connectivity index (χ0v) is 14.3. The van der Waals surface area contributed by atoms with Gasteiger partial charge in [-0.3, -0.25) is 14.7 Å². The minimum absolute atomic E-state index is 0.0220. The predicted octanol–water partition coefficient (Wildman–Crippen LogP) is 1.64. The number of benzene rings is 1. The normalized spacial score (nSPS) is 15.7. The first-order valence-electron chi connectivity index (χ1n) is 8.45. The van der Waals surface area contributed by atoms with Crippen molar-refractivity contribution in [2.24, 2.45) is 0 Å². The zero-order valence-electron chi connectivity index (χ0n) is 14.3. The molecule has 2 heterocycles. The summed E-state index contributed by atoms with van der Waals surface area (Å²) in [6, 6.07) is 9.81. The van der Waals surface area contributed by atoms with E-state index in [9.17, 15) is 9.59 Å². The second-order valence-electron chi connectivity index (χ2n) is 6.66. The van der Waals surface area contributed by atoms with Gasteiger partial charge < -0.3 is 5.32 Å². The van der Waals surface area contributed by atoms with Gasteiger partial charge in [0.15, 0.2) is 5.65 Å². The van der Waals surface area contributed by atoms with Crippen molar-refractivity contribution in [3.05, 3.63) is 68.8 Å². The predicted molar refractivity (Wildman–Crippen MR) is 94.9 cm³/mol. The first-order chi connectivity index (χ1) is 12.0. The Morgan fingerprint density at radius 3 is 2.96 bits per heavy atom. The number of aromatic amines is 1. The van der Waals surface area contributed by atoms with E-state index < -0.39 is 0 Å². The Bertz CT molecular complexity index is 1030. The highest BCUT2D eigenvalue weighted by molar-refractivity contribution is 5.79. The average molecular weight is 336 g/mol. The number of nitrogens with one attached hydrogen (secondary N) is 2. The van der Waals surface area contributed by atoms with Crippen molar-refractivity contribution in [3.8, 4) is 0 Å². The molecule has 128 valence electrons. The van der Waals surface area contributed by atoms with Gasteiger partial charge in [0.25, 0.3) is 5.56 Å². The third-order valence-electron chi connectivity index (χ3n) is 5.05. The number of nitrogens with zero attached hydrogens (tertiary/aromatic N) is 2. The Morgan fingerprint density at radius 1 is 1.36 bits per heavy atom. The fraction of sp³-hybridized carbons (Fsp3) is 0.316. The highest BCUT2D eigenvalue weighted by Gasteiger charge is 2.25. The summed E-state index contributed by atoms with van der Waals surface area (Å²) in [5.74, 6) is 0.384. The maximum atomic E-state index is 12.4. The molecule has 25 heavy (non-hydrogen) atoms. The lowest BCUT2D eigenvalue weighted by Crippen LogP contribution is -2.34. The SMILES string of the molecule is Cc1nc2cc(=O)[nH]n2c(C)c1CC(=O)NCC1Cc2ccccc21. The molecule has 0 radical (unpaired) electrons. The Kier molecular flexibility index (Phi) is 3.67. The van der Waals surface area contributed by atoms with Gasteiger partial charge in [-0.25, -0.2) is 9.50 Å². The molecule has 6 heteroatoms. The van der Waals surface area contributed by atoms with E-state index in [1.54, 1.807) is 4.52 Å². The first kappa shape index (κ1) is 15.6. The van der Waals surface area contributed by atoms with E-state index in [0.29, 0.717) is 18.1 Å². The monoisotopic (exact) mass is 336 g/mol. The van der Waals surface area contributed by atoms with Gasteiger partial charge in [0, 0.05) is 35.5 Å². The van der Waals surface area contributed by atoms with Gasteiger partial charge in [-0.15, -0.1) is 0 Å². The van der Waals surface area contributed by atoms with Gasteiger partial charge in [-0.05, 0) is 31.4 Å². The summed E-state index contributed by atoms with van der Waals surface area (Å²) < 4.78 is 1.64. The largest absolute Gasteiger partial charge is 0.355 e. The standard InChI is InChI=1S/C19H20N4O2/c1-11-16(12(2)23-17(21-11)9-19(25)22-23)8-18(24)20-10-14-7-13-5-3-4-6-15(13)14/h3-6,9,14H,7-8,10H2,1-2H3,(H,20,24)(H,22,25). The van der Waals surface area contributed by atoms with Crippen LogP contribution in [0.2, 0.25) is 0 Å². The summed E-state index contributed by atoms with van der Waals surface area (Å²) in [5.41, 5.74) is 5.57. The highest BCUT2D eigenvalue weighted by atomic mass is 16.1. The summed E-state index contributed by atoms with van der Waals surface area (Å²) in [5, 5.41) is 5.75. The number of carbonyl (C=O) groups excluding carboxylic acids is 1. The van der Waals surface area contributed by atoms with E-state index in [2.05, 4.69) is 27.5 Å². The van der Waals surface area contributed by atoms with Crippen LogP contribution in [0.5, 0.6) is 0 Å². The Hall–Kier alpha value is -2.89. The molecule has 0 aliphatic heterocycles. The molecule has 4 rings (SSSR count). The maximum absolute atomic E-state index is 12.4. The lowest BCUT2D eigenvalue weighted by atomic mass is 9.77. The molecule has 2 aromatic heterocycles. The van der Waals surface area contributed by atoms with Crippen LogP contribution in [0.25, 0.3) is 5.65 Å². The van der Waals surface area contributed by atoms with Gasteiger partial charge in [-0.1, -0.05) is 24.3 Å². The van der Waals surface area contributed by atoms with Crippen molar-refractivity contribution < 1.29 is 4.79 Å². The topological polar surface area (TPSA) is 79.3 Å². The molecule has 0 spiro atoms. The molecule has 1 atom stereocenters. The zero-order chi connectivity index (χ0) is 17.6. The van der Waals surface area contributed by atoms with Crippen LogP contribution in [0, 0.1) is 13.8 Å². The lowest BCUT2D eigenvalue weighted by Gasteiger charge is -2.30. The molecule has 1 amide bonds. The Labute approximate surface area is 144 Å². The van der Waals surface area contributed by atoms with Crippen molar-refractivity contribution >= 4 is 11.6 Å². The molecule has 1 aromatic carbocycles.